The van der Waals surface area contributed by atoms with Gasteiger partial charge >= 0.3 is 11.9 Å². The Morgan fingerprint density at radius 1 is 1.53 bits per heavy atom. The summed E-state index contributed by atoms with van der Waals surface area (Å²) in [5.74, 6) is -1.72. The SMILES string of the molecule is C=C(CC(NOC)C(=O)O)C(=O)OCC. The van der Waals surface area contributed by atoms with Crippen molar-refractivity contribution in [2.45, 2.75) is 19.4 Å². The molecule has 2 N–H and O–H groups in total. The van der Waals surface area contributed by atoms with Crippen LogP contribution in [0.25, 0.3) is 0 Å². The van der Waals surface area contributed by atoms with E-state index in [4.69, 9.17) is 5.11 Å². The highest BCUT2D eigenvalue weighted by Gasteiger charge is 2.21. The predicted octanol–water partition coefficient (Wildman–Crippen LogP) is 0.1000. The number of hydrogen-bond donors (Lipinski definition) is 2. The van der Waals surface area contributed by atoms with Crippen LogP contribution in [0, 0.1) is 0 Å². The molecule has 0 spiro atoms. The summed E-state index contributed by atoms with van der Waals surface area (Å²) in [6.45, 7) is 5.33. The molecule has 0 aromatic heterocycles. The van der Waals surface area contributed by atoms with Crippen molar-refractivity contribution in [3.63, 3.8) is 0 Å². The molecule has 0 rings (SSSR count). The van der Waals surface area contributed by atoms with Crippen LogP contribution in [0.1, 0.15) is 13.3 Å². The first-order chi connectivity index (χ1) is 7.02. The van der Waals surface area contributed by atoms with Crippen LogP contribution in [0.5, 0.6) is 0 Å². The quantitative estimate of drug-likeness (QED) is 0.357. The lowest BCUT2D eigenvalue weighted by atomic mass is 10.1. The summed E-state index contributed by atoms with van der Waals surface area (Å²) in [6, 6.07) is -1.01. The van der Waals surface area contributed by atoms with Crippen molar-refractivity contribution < 1.29 is 24.3 Å². The fourth-order valence-corrected chi connectivity index (χ4v) is 0.885. The molecule has 0 fully saturated rings. The third-order valence-electron chi connectivity index (χ3n) is 1.57. The lowest BCUT2D eigenvalue weighted by Crippen LogP contribution is -2.36. The average molecular weight is 217 g/mol. The zero-order chi connectivity index (χ0) is 11.8. The summed E-state index contributed by atoms with van der Waals surface area (Å²) in [7, 11) is 1.29. The van der Waals surface area contributed by atoms with Gasteiger partial charge in [-0.15, -0.1) is 0 Å². The van der Waals surface area contributed by atoms with Crippen molar-refractivity contribution in [3.8, 4) is 0 Å². The Labute approximate surface area is 87.8 Å². The number of rotatable bonds is 7. The number of nitrogens with one attached hydrogen (secondary N) is 1. The fourth-order valence-electron chi connectivity index (χ4n) is 0.885. The lowest BCUT2D eigenvalue weighted by molar-refractivity contribution is -0.143. The minimum absolute atomic E-state index is 0.0675. The molecule has 0 radical (unpaired) electrons. The van der Waals surface area contributed by atoms with Crippen LogP contribution < -0.4 is 5.48 Å². The maximum atomic E-state index is 11.1. The van der Waals surface area contributed by atoms with Gasteiger partial charge in [0.25, 0.3) is 0 Å². The first kappa shape index (κ1) is 13.6. The predicted molar refractivity (Wildman–Crippen MR) is 52.0 cm³/mol. The van der Waals surface area contributed by atoms with Crippen LogP contribution in [0.15, 0.2) is 12.2 Å². The van der Waals surface area contributed by atoms with E-state index in [9.17, 15) is 9.59 Å². The van der Waals surface area contributed by atoms with Gasteiger partial charge in [-0.3, -0.25) is 4.79 Å². The minimum Gasteiger partial charge on any atom is -0.480 e. The minimum atomic E-state index is -1.12. The number of ether oxygens (including phenoxy) is 1. The van der Waals surface area contributed by atoms with Crippen molar-refractivity contribution in [2.75, 3.05) is 13.7 Å². The van der Waals surface area contributed by atoms with Crippen molar-refractivity contribution in [2.24, 2.45) is 0 Å². The Bertz CT molecular complexity index is 251. The number of carboxylic acids is 1. The van der Waals surface area contributed by atoms with Crippen LogP contribution in [0.4, 0.5) is 0 Å². The second kappa shape index (κ2) is 6.97. The highest BCUT2D eigenvalue weighted by atomic mass is 16.6. The summed E-state index contributed by atoms with van der Waals surface area (Å²) in [5, 5.41) is 8.73. The van der Waals surface area contributed by atoms with E-state index in [0.717, 1.165) is 0 Å². The number of hydrogen-bond acceptors (Lipinski definition) is 5. The Hall–Kier alpha value is -1.40. The van der Waals surface area contributed by atoms with Crippen LogP contribution in [0.2, 0.25) is 0 Å². The van der Waals surface area contributed by atoms with Crippen LogP contribution in [0.3, 0.4) is 0 Å². The van der Waals surface area contributed by atoms with Gasteiger partial charge in [0.1, 0.15) is 6.04 Å². The molecule has 0 amide bonds. The topological polar surface area (TPSA) is 84.9 Å². The maximum Gasteiger partial charge on any atom is 0.333 e. The van der Waals surface area contributed by atoms with Crippen molar-refractivity contribution >= 4 is 11.9 Å². The number of carboxylic acid groups (broad SMARTS) is 1. The molecular weight excluding hydrogens is 202 g/mol. The summed E-state index contributed by atoms with van der Waals surface area (Å²) < 4.78 is 4.66. The maximum absolute atomic E-state index is 11.1. The Balaban J connectivity index is 4.22. The van der Waals surface area contributed by atoms with E-state index in [0.29, 0.717) is 0 Å². The fraction of sp³-hybridized carbons (Fsp3) is 0.556. The number of aliphatic carboxylic acids is 1. The van der Waals surface area contributed by atoms with E-state index >= 15 is 0 Å². The molecule has 0 bridgehead atoms. The number of carbonyl (C=O) groups is 2. The molecule has 0 saturated heterocycles. The smallest absolute Gasteiger partial charge is 0.333 e. The molecule has 0 aliphatic rings. The Kier molecular flexibility index (Phi) is 6.32. The standard InChI is InChI=1S/C9H15NO5/c1-4-15-9(13)6(2)5-7(8(11)12)10-14-3/h7,10H,2,4-5H2,1,3H3,(H,11,12). The van der Waals surface area contributed by atoms with Gasteiger partial charge in [0.05, 0.1) is 13.7 Å². The monoisotopic (exact) mass is 217 g/mol. The van der Waals surface area contributed by atoms with Gasteiger partial charge in [-0.1, -0.05) is 6.58 Å². The third-order valence-corrected chi connectivity index (χ3v) is 1.57. The molecule has 0 heterocycles. The third kappa shape index (κ3) is 5.14. The Morgan fingerprint density at radius 2 is 2.13 bits per heavy atom. The molecule has 0 aliphatic carbocycles. The van der Waals surface area contributed by atoms with Gasteiger partial charge in [0.15, 0.2) is 0 Å². The van der Waals surface area contributed by atoms with E-state index in [1.807, 2.05) is 0 Å². The molecule has 0 aromatic rings. The molecule has 86 valence electrons. The normalized spacial score (nSPS) is 11.9. The van der Waals surface area contributed by atoms with Gasteiger partial charge in [-0.2, -0.15) is 5.48 Å². The van der Waals surface area contributed by atoms with Crippen LogP contribution in [-0.2, 0) is 19.2 Å². The molecule has 0 aliphatic heterocycles. The van der Waals surface area contributed by atoms with E-state index in [1.165, 1.54) is 7.11 Å². The second-order valence-corrected chi connectivity index (χ2v) is 2.74. The van der Waals surface area contributed by atoms with E-state index in [-0.39, 0.29) is 18.6 Å². The summed E-state index contributed by atoms with van der Waals surface area (Å²) in [5.41, 5.74) is 2.33. The molecular formula is C9H15NO5. The first-order valence-electron chi connectivity index (χ1n) is 4.39. The second-order valence-electron chi connectivity index (χ2n) is 2.74. The summed E-state index contributed by atoms with van der Waals surface area (Å²) in [4.78, 5) is 26.3. The summed E-state index contributed by atoms with van der Waals surface area (Å²) >= 11 is 0. The van der Waals surface area contributed by atoms with Crippen LogP contribution in [-0.4, -0.2) is 36.8 Å². The largest absolute Gasteiger partial charge is 0.480 e. The van der Waals surface area contributed by atoms with Gasteiger partial charge < -0.3 is 14.7 Å². The van der Waals surface area contributed by atoms with Crippen LogP contribution >= 0.6 is 0 Å². The lowest BCUT2D eigenvalue weighted by Gasteiger charge is -2.13. The molecule has 0 aromatic carbocycles. The Morgan fingerprint density at radius 3 is 2.53 bits per heavy atom. The van der Waals surface area contributed by atoms with Gasteiger partial charge in [0, 0.05) is 12.0 Å². The van der Waals surface area contributed by atoms with Crippen molar-refractivity contribution in [1.82, 2.24) is 5.48 Å². The molecule has 1 unspecified atom stereocenters. The van der Waals surface area contributed by atoms with Gasteiger partial charge in [0.2, 0.25) is 0 Å². The number of esters is 1. The average Bonchev–Trinajstić information content (AvgIpc) is 2.17. The highest BCUT2D eigenvalue weighted by molar-refractivity contribution is 5.89. The molecule has 1 atom stereocenters. The molecule has 15 heavy (non-hydrogen) atoms. The van der Waals surface area contributed by atoms with E-state index < -0.39 is 18.0 Å². The molecule has 0 saturated carbocycles. The molecule has 6 nitrogen and oxygen atoms in total. The zero-order valence-electron chi connectivity index (χ0n) is 8.78. The van der Waals surface area contributed by atoms with Gasteiger partial charge in [-0.25, -0.2) is 4.79 Å². The highest BCUT2D eigenvalue weighted by Crippen LogP contribution is 2.06. The van der Waals surface area contributed by atoms with E-state index in [2.05, 4.69) is 21.6 Å². The molecule has 6 heteroatoms. The zero-order valence-corrected chi connectivity index (χ0v) is 8.78. The number of carbonyl (C=O) groups excluding carboxylic acids is 1. The first-order valence-corrected chi connectivity index (χ1v) is 4.39. The van der Waals surface area contributed by atoms with Gasteiger partial charge in [-0.05, 0) is 6.92 Å². The van der Waals surface area contributed by atoms with Crippen molar-refractivity contribution in [1.29, 1.82) is 0 Å². The van der Waals surface area contributed by atoms with E-state index in [1.54, 1.807) is 6.92 Å². The number of hydroxylamine groups is 1. The summed E-state index contributed by atoms with van der Waals surface area (Å²) in [6.07, 6.45) is -0.0675. The van der Waals surface area contributed by atoms with Crippen molar-refractivity contribution in [3.05, 3.63) is 12.2 Å².